The van der Waals surface area contributed by atoms with Crippen molar-refractivity contribution in [3.8, 4) is 11.1 Å². The van der Waals surface area contributed by atoms with Crippen LogP contribution >= 0.6 is 11.3 Å². The van der Waals surface area contributed by atoms with E-state index < -0.39 is 0 Å². The average molecular weight is 346 g/mol. The number of aromatic nitrogens is 3. The second kappa shape index (κ2) is 6.61. The van der Waals surface area contributed by atoms with E-state index in [2.05, 4.69) is 51.6 Å². The molecule has 0 saturated carbocycles. The lowest BCUT2D eigenvalue weighted by Crippen LogP contribution is -2.19. The van der Waals surface area contributed by atoms with Crippen LogP contribution in [0.4, 0.5) is 5.82 Å². The highest BCUT2D eigenvalue weighted by Gasteiger charge is 2.17. The summed E-state index contributed by atoms with van der Waals surface area (Å²) in [4.78, 5) is 17.0. The topological polar surface area (TPSA) is 41.9 Å². The number of fused-ring (bicyclic) bond motifs is 1. The SMILES string of the molecule is Cc1nc(N(C)Cc2ccccn2)c2c(-c3ccccc3)csc2n1. The Morgan fingerprint density at radius 2 is 1.80 bits per heavy atom. The van der Waals surface area contributed by atoms with Crippen LogP contribution in [0.25, 0.3) is 21.3 Å². The summed E-state index contributed by atoms with van der Waals surface area (Å²) < 4.78 is 0. The van der Waals surface area contributed by atoms with Gasteiger partial charge in [-0.05, 0) is 24.6 Å². The molecule has 0 aliphatic rings. The molecule has 0 radical (unpaired) electrons. The number of hydrogen-bond acceptors (Lipinski definition) is 5. The fraction of sp³-hybridized carbons (Fsp3) is 0.150. The predicted molar refractivity (Wildman–Crippen MR) is 104 cm³/mol. The van der Waals surface area contributed by atoms with E-state index >= 15 is 0 Å². The van der Waals surface area contributed by atoms with Gasteiger partial charge in [0.05, 0.1) is 17.6 Å². The fourth-order valence-corrected chi connectivity index (χ4v) is 3.93. The minimum absolute atomic E-state index is 0.705. The molecule has 5 heteroatoms. The van der Waals surface area contributed by atoms with Gasteiger partial charge < -0.3 is 4.90 Å². The number of hydrogen-bond donors (Lipinski definition) is 0. The third-order valence-electron chi connectivity index (χ3n) is 4.10. The smallest absolute Gasteiger partial charge is 0.141 e. The van der Waals surface area contributed by atoms with E-state index in [9.17, 15) is 0 Å². The molecular formula is C20H18N4S. The van der Waals surface area contributed by atoms with Crippen molar-refractivity contribution >= 4 is 27.4 Å². The lowest BCUT2D eigenvalue weighted by Gasteiger charge is -2.19. The molecule has 0 fully saturated rings. The van der Waals surface area contributed by atoms with Gasteiger partial charge in [-0.25, -0.2) is 9.97 Å². The van der Waals surface area contributed by atoms with E-state index in [4.69, 9.17) is 4.98 Å². The highest BCUT2D eigenvalue weighted by molar-refractivity contribution is 7.17. The van der Waals surface area contributed by atoms with E-state index in [1.807, 2.05) is 37.4 Å². The Morgan fingerprint density at radius 1 is 1.00 bits per heavy atom. The van der Waals surface area contributed by atoms with Crippen LogP contribution in [0.2, 0.25) is 0 Å². The Bertz CT molecular complexity index is 996. The summed E-state index contributed by atoms with van der Waals surface area (Å²) in [6, 6.07) is 16.4. The maximum atomic E-state index is 4.75. The molecule has 3 aromatic heterocycles. The number of nitrogens with zero attached hydrogens (tertiary/aromatic N) is 4. The van der Waals surface area contributed by atoms with Gasteiger partial charge in [-0.15, -0.1) is 11.3 Å². The van der Waals surface area contributed by atoms with E-state index in [0.717, 1.165) is 27.6 Å². The Hall–Kier alpha value is -2.79. The minimum Gasteiger partial charge on any atom is -0.353 e. The molecule has 0 saturated heterocycles. The summed E-state index contributed by atoms with van der Waals surface area (Å²) in [6.45, 7) is 2.65. The highest BCUT2D eigenvalue weighted by atomic mass is 32.1. The van der Waals surface area contributed by atoms with Crippen LogP contribution in [-0.4, -0.2) is 22.0 Å². The molecule has 0 amide bonds. The number of benzene rings is 1. The first-order chi connectivity index (χ1) is 12.2. The normalized spacial score (nSPS) is 11.0. The first kappa shape index (κ1) is 15.7. The van der Waals surface area contributed by atoms with Crippen molar-refractivity contribution in [3.05, 3.63) is 71.6 Å². The van der Waals surface area contributed by atoms with Crippen LogP contribution in [0.15, 0.2) is 60.1 Å². The summed E-state index contributed by atoms with van der Waals surface area (Å²) in [7, 11) is 2.06. The quantitative estimate of drug-likeness (QED) is 0.537. The van der Waals surface area contributed by atoms with Crippen molar-refractivity contribution in [2.45, 2.75) is 13.5 Å². The zero-order chi connectivity index (χ0) is 17.2. The molecule has 0 spiro atoms. The van der Waals surface area contributed by atoms with E-state index in [-0.39, 0.29) is 0 Å². The van der Waals surface area contributed by atoms with E-state index in [0.29, 0.717) is 6.54 Å². The van der Waals surface area contributed by atoms with Crippen molar-refractivity contribution in [3.63, 3.8) is 0 Å². The van der Waals surface area contributed by atoms with Crippen LogP contribution in [0, 0.1) is 6.92 Å². The summed E-state index contributed by atoms with van der Waals surface area (Å²) >= 11 is 1.67. The molecule has 25 heavy (non-hydrogen) atoms. The first-order valence-corrected chi connectivity index (χ1v) is 9.02. The number of rotatable bonds is 4. The van der Waals surface area contributed by atoms with Gasteiger partial charge in [0.15, 0.2) is 0 Å². The number of pyridine rings is 1. The average Bonchev–Trinajstić information content (AvgIpc) is 3.06. The molecule has 0 atom stereocenters. The maximum absolute atomic E-state index is 4.75. The van der Waals surface area contributed by atoms with Gasteiger partial charge >= 0.3 is 0 Å². The highest BCUT2D eigenvalue weighted by Crippen LogP contribution is 2.38. The minimum atomic E-state index is 0.705. The molecule has 4 nitrogen and oxygen atoms in total. The Morgan fingerprint density at radius 3 is 2.56 bits per heavy atom. The molecule has 124 valence electrons. The van der Waals surface area contributed by atoms with E-state index in [1.54, 1.807) is 11.3 Å². The zero-order valence-corrected chi connectivity index (χ0v) is 15.0. The van der Waals surface area contributed by atoms with Gasteiger partial charge in [0.1, 0.15) is 16.5 Å². The van der Waals surface area contributed by atoms with Crippen LogP contribution < -0.4 is 4.90 Å². The molecule has 0 bridgehead atoms. The van der Waals surface area contributed by atoms with Crippen molar-refractivity contribution in [2.75, 3.05) is 11.9 Å². The van der Waals surface area contributed by atoms with E-state index in [1.165, 1.54) is 11.1 Å². The summed E-state index contributed by atoms with van der Waals surface area (Å²) in [5, 5.41) is 3.28. The number of anilines is 1. The second-order valence-corrected chi connectivity index (χ2v) is 6.83. The lowest BCUT2D eigenvalue weighted by atomic mass is 10.1. The monoisotopic (exact) mass is 346 g/mol. The van der Waals surface area contributed by atoms with Gasteiger partial charge in [-0.2, -0.15) is 0 Å². The summed E-state index contributed by atoms with van der Waals surface area (Å²) in [5.41, 5.74) is 3.39. The third kappa shape index (κ3) is 3.10. The Labute approximate surface area is 150 Å². The van der Waals surface area contributed by atoms with Gasteiger partial charge in [0, 0.05) is 24.2 Å². The number of thiophene rings is 1. The largest absolute Gasteiger partial charge is 0.353 e. The molecule has 1 aromatic carbocycles. The molecular weight excluding hydrogens is 328 g/mol. The van der Waals surface area contributed by atoms with Gasteiger partial charge in [-0.1, -0.05) is 36.4 Å². The third-order valence-corrected chi connectivity index (χ3v) is 4.97. The predicted octanol–water partition coefficient (Wildman–Crippen LogP) is 4.70. The summed E-state index contributed by atoms with van der Waals surface area (Å²) in [6.07, 6.45) is 1.82. The van der Waals surface area contributed by atoms with Gasteiger partial charge in [0.2, 0.25) is 0 Å². The van der Waals surface area contributed by atoms with Gasteiger partial charge in [-0.3, -0.25) is 4.98 Å². The molecule has 4 rings (SSSR count). The van der Waals surface area contributed by atoms with Crippen molar-refractivity contribution in [1.82, 2.24) is 15.0 Å². The Kier molecular flexibility index (Phi) is 4.15. The second-order valence-electron chi connectivity index (χ2n) is 5.97. The number of aryl methyl sites for hydroxylation is 1. The van der Waals surface area contributed by atoms with Gasteiger partial charge in [0.25, 0.3) is 0 Å². The first-order valence-electron chi connectivity index (χ1n) is 8.14. The van der Waals surface area contributed by atoms with Crippen molar-refractivity contribution in [2.24, 2.45) is 0 Å². The molecule has 0 aliphatic heterocycles. The molecule has 4 aromatic rings. The van der Waals surface area contributed by atoms with Crippen molar-refractivity contribution < 1.29 is 0 Å². The Balaban J connectivity index is 1.83. The molecule has 0 aliphatic carbocycles. The molecule has 0 unspecified atom stereocenters. The maximum Gasteiger partial charge on any atom is 0.141 e. The van der Waals surface area contributed by atoms with Crippen LogP contribution in [0.3, 0.4) is 0 Å². The zero-order valence-electron chi connectivity index (χ0n) is 14.2. The van der Waals surface area contributed by atoms with Crippen LogP contribution in [-0.2, 0) is 6.54 Å². The summed E-state index contributed by atoms with van der Waals surface area (Å²) in [5.74, 6) is 1.74. The van der Waals surface area contributed by atoms with Crippen LogP contribution in [0.1, 0.15) is 11.5 Å². The molecule has 0 N–H and O–H groups in total. The standard InChI is InChI=1S/C20H18N4S/c1-14-22-19(24(2)12-16-10-6-7-11-21-16)18-17(13-25-20(18)23-14)15-8-4-3-5-9-15/h3-11,13H,12H2,1-2H3. The fourth-order valence-electron chi connectivity index (χ4n) is 2.94. The lowest BCUT2D eigenvalue weighted by molar-refractivity contribution is 0.862. The van der Waals surface area contributed by atoms with Crippen LogP contribution in [0.5, 0.6) is 0 Å². The molecule has 3 heterocycles. The van der Waals surface area contributed by atoms with Crippen molar-refractivity contribution in [1.29, 1.82) is 0 Å².